The lowest BCUT2D eigenvalue weighted by Gasteiger charge is -2.34. The number of amides is 1. The van der Waals surface area contributed by atoms with Crippen LogP contribution in [0.4, 0.5) is 4.39 Å². The molecule has 6 nitrogen and oxygen atoms in total. The maximum atomic E-state index is 13.4. The lowest BCUT2D eigenvalue weighted by Crippen LogP contribution is -3.19. The van der Waals surface area contributed by atoms with E-state index in [1.165, 1.54) is 22.5 Å². The van der Waals surface area contributed by atoms with Crippen molar-refractivity contribution >= 4 is 15.9 Å². The summed E-state index contributed by atoms with van der Waals surface area (Å²) in [6.45, 7) is 3.96. The second-order valence-corrected chi connectivity index (χ2v) is 8.88. The second-order valence-electron chi connectivity index (χ2n) is 6.94. The number of halogens is 1. The Bertz CT molecular complexity index is 913. The third kappa shape index (κ3) is 4.76. The van der Waals surface area contributed by atoms with Crippen molar-refractivity contribution in [2.45, 2.75) is 24.4 Å². The molecule has 1 amide bonds. The molecule has 0 aliphatic carbocycles. The summed E-state index contributed by atoms with van der Waals surface area (Å²) in [5.41, 5.74) is 1.03. The Morgan fingerprint density at radius 2 is 1.82 bits per heavy atom. The quantitative estimate of drug-likeness (QED) is 0.731. The fraction of sp³-hybridized carbons (Fsp3) is 0.350. The van der Waals surface area contributed by atoms with Crippen LogP contribution in [0.1, 0.15) is 12.5 Å². The molecule has 28 heavy (non-hydrogen) atoms. The topological polar surface area (TPSA) is 70.9 Å². The minimum atomic E-state index is -3.72. The van der Waals surface area contributed by atoms with Crippen molar-refractivity contribution in [3.8, 4) is 0 Å². The predicted molar refractivity (Wildman–Crippen MR) is 104 cm³/mol. The predicted octanol–water partition coefficient (Wildman–Crippen LogP) is 0.420. The van der Waals surface area contributed by atoms with E-state index in [-0.39, 0.29) is 16.8 Å². The average Bonchev–Trinajstić information content (AvgIpc) is 2.72. The van der Waals surface area contributed by atoms with Crippen LogP contribution in [0.2, 0.25) is 0 Å². The summed E-state index contributed by atoms with van der Waals surface area (Å²) in [5.74, 6) is -0.630. The largest absolute Gasteiger partial charge is 0.347 e. The van der Waals surface area contributed by atoms with Crippen LogP contribution in [0.3, 0.4) is 0 Å². The van der Waals surface area contributed by atoms with Crippen LogP contribution >= 0.6 is 0 Å². The van der Waals surface area contributed by atoms with Crippen molar-refractivity contribution < 1.29 is 22.5 Å². The summed E-state index contributed by atoms with van der Waals surface area (Å²) in [4.78, 5) is 13.4. The van der Waals surface area contributed by atoms with Gasteiger partial charge in [-0.2, -0.15) is 4.31 Å². The summed E-state index contributed by atoms with van der Waals surface area (Å²) in [6, 6.07) is 14.5. The monoisotopic (exact) mass is 406 g/mol. The third-order valence-corrected chi connectivity index (χ3v) is 7.01. The maximum Gasteiger partial charge on any atom is 0.278 e. The highest BCUT2D eigenvalue weighted by Crippen LogP contribution is 2.16. The first-order chi connectivity index (χ1) is 13.4. The molecule has 0 saturated carbocycles. The summed E-state index contributed by atoms with van der Waals surface area (Å²) in [7, 11) is -3.72. The molecular weight excluding hydrogens is 381 g/mol. The summed E-state index contributed by atoms with van der Waals surface area (Å²) in [5, 5.41) is 2.94. The SMILES string of the molecule is C[C@H](C(=O)NCc1ccccc1)[NH+]1CCN(S(=O)(=O)c2cccc(F)c2)CC1. The normalized spacial score (nSPS) is 17.2. The number of sulfonamides is 1. The van der Waals surface area contributed by atoms with Crippen LogP contribution in [-0.2, 0) is 21.4 Å². The number of nitrogens with zero attached hydrogens (tertiary/aromatic N) is 1. The van der Waals surface area contributed by atoms with E-state index >= 15 is 0 Å². The number of carbonyl (C=O) groups excluding carboxylic acids is 1. The molecule has 1 atom stereocenters. The molecule has 2 aromatic carbocycles. The van der Waals surface area contributed by atoms with Gasteiger partial charge in [0.05, 0.1) is 31.1 Å². The van der Waals surface area contributed by atoms with Gasteiger partial charge in [-0.3, -0.25) is 4.79 Å². The van der Waals surface area contributed by atoms with E-state index in [9.17, 15) is 17.6 Å². The highest BCUT2D eigenvalue weighted by atomic mass is 32.2. The van der Waals surface area contributed by atoms with Gasteiger partial charge in [0.25, 0.3) is 5.91 Å². The molecule has 1 saturated heterocycles. The number of benzene rings is 2. The number of hydrogen-bond donors (Lipinski definition) is 2. The number of piperazine rings is 1. The Labute approximate surface area is 165 Å². The molecule has 0 radical (unpaired) electrons. The van der Waals surface area contributed by atoms with Crippen LogP contribution in [0, 0.1) is 5.82 Å². The Morgan fingerprint density at radius 1 is 1.14 bits per heavy atom. The van der Waals surface area contributed by atoms with Gasteiger partial charge in [0.1, 0.15) is 5.82 Å². The van der Waals surface area contributed by atoms with Gasteiger partial charge in [-0.25, -0.2) is 12.8 Å². The number of quaternary nitrogens is 1. The minimum absolute atomic E-state index is 0.0374. The minimum Gasteiger partial charge on any atom is -0.347 e. The molecule has 2 N–H and O–H groups in total. The van der Waals surface area contributed by atoms with Gasteiger partial charge in [-0.1, -0.05) is 36.4 Å². The van der Waals surface area contributed by atoms with E-state index in [1.54, 1.807) is 0 Å². The van der Waals surface area contributed by atoms with Gasteiger partial charge in [0.15, 0.2) is 6.04 Å². The number of nitrogens with one attached hydrogen (secondary N) is 2. The van der Waals surface area contributed by atoms with Gasteiger partial charge >= 0.3 is 0 Å². The lowest BCUT2D eigenvalue weighted by atomic mass is 10.2. The average molecular weight is 407 g/mol. The standard InChI is InChI=1S/C20H24FN3O3S/c1-16(20(25)22-15-17-6-3-2-4-7-17)23-10-12-24(13-11-23)28(26,27)19-9-5-8-18(21)14-19/h2-9,14,16H,10-13,15H2,1H3,(H,22,25)/p+1/t16-/m1/s1. The highest BCUT2D eigenvalue weighted by Gasteiger charge is 2.34. The molecule has 150 valence electrons. The molecule has 0 spiro atoms. The van der Waals surface area contributed by atoms with Crippen molar-refractivity contribution in [1.29, 1.82) is 0 Å². The zero-order chi connectivity index (χ0) is 20.1. The van der Waals surface area contributed by atoms with Crippen molar-refractivity contribution in [2.24, 2.45) is 0 Å². The van der Waals surface area contributed by atoms with Crippen LogP contribution in [0.15, 0.2) is 59.5 Å². The fourth-order valence-corrected chi connectivity index (χ4v) is 4.82. The van der Waals surface area contributed by atoms with E-state index in [2.05, 4.69) is 5.32 Å². The Balaban J connectivity index is 1.55. The number of carbonyl (C=O) groups is 1. The molecule has 1 aliphatic rings. The maximum absolute atomic E-state index is 13.4. The van der Waals surface area contributed by atoms with Gasteiger partial charge < -0.3 is 10.2 Å². The van der Waals surface area contributed by atoms with E-state index in [0.717, 1.165) is 16.5 Å². The summed E-state index contributed by atoms with van der Waals surface area (Å²) in [6.07, 6.45) is 0. The van der Waals surface area contributed by atoms with Crippen molar-refractivity contribution in [3.63, 3.8) is 0 Å². The number of hydrogen-bond acceptors (Lipinski definition) is 3. The molecule has 1 aliphatic heterocycles. The van der Waals surface area contributed by atoms with Gasteiger partial charge in [0.2, 0.25) is 10.0 Å². The van der Waals surface area contributed by atoms with Crippen LogP contribution in [-0.4, -0.2) is 50.9 Å². The molecule has 1 fully saturated rings. The zero-order valence-corrected chi connectivity index (χ0v) is 16.6. The number of rotatable bonds is 6. The Hall–Kier alpha value is -2.29. The molecule has 3 rings (SSSR count). The summed E-state index contributed by atoms with van der Waals surface area (Å²) < 4.78 is 40.1. The van der Waals surface area contributed by atoms with Gasteiger partial charge in [0, 0.05) is 6.54 Å². The Kier molecular flexibility index (Phi) is 6.43. The second kappa shape index (κ2) is 8.81. The molecule has 0 aromatic heterocycles. The molecule has 0 unspecified atom stereocenters. The molecule has 1 heterocycles. The third-order valence-electron chi connectivity index (χ3n) is 5.11. The molecule has 8 heteroatoms. The first-order valence-electron chi connectivity index (χ1n) is 9.30. The smallest absolute Gasteiger partial charge is 0.278 e. The van der Waals surface area contributed by atoms with Crippen LogP contribution in [0.5, 0.6) is 0 Å². The summed E-state index contributed by atoms with van der Waals surface area (Å²) >= 11 is 0. The van der Waals surface area contributed by atoms with Crippen LogP contribution in [0.25, 0.3) is 0 Å². The molecular formula is C20H25FN3O3S+. The first-order valence-corrected chi connectivity index (χ1v) is 10.7. The van der Waals surface area contributed by atoms with E-state index < -0.39 is 15.8 Å². The van der Waals surface area contributed by atoms with E-state index in [4.69, 9.17) is 0 Å². The van der Waals surface area contributed by atoms with Gasteiger partial charge in [-0.15, -0.1) is 0 Å². The van der Waals surface area contributed by atoms with Gasteiger partial charge in [-0.05, 0) is 30.7 Å². The zero-order valence-electron chi connectivity index (χ0n) is 15.8. The highest BCUT2D eigenvalue weighted by molar-refractivity contribution is 7.89. The Morgan fingerprint density at radius 3 is 2.46 bits per heavy atom. The lowest BCUT2D eigenvalue weighted by molar-refractivity contribution is -0.917. The van der Waals surface area contributed by atoms with Crippen molar-refractivity contribution in [2.75, 3.05) is 26.2 Å². The van der Waals surface area contributed by atoms with Crippen molar-refractivity contribution in [3.05, 3.63) is 66.0 Å². The van der Waals surface area contributed by atoms with Crippen molar-refractivity contribution in [1.82, 2.24) is 9.62 Å². The molecule has 2 aromatic rings. The first kappa shape index (κ1) is 20.4. The fourth-order valence-electron chi connectivity index (χ4n) is 3.35. The van der Waals surface area contributed by atoms with E-state index in [1.807, 2.05) is 37.3 Å². The molecule has 0 bridgehead atoms. The van der Waals surface area contributed by atoms with Crippen LogP contribution < -0.4 is 10.2 Å². The van der Waals surface area contributed by atoms with E-state index in [0.29, 0.717) is 32.7 Å².